The SMILES string of the molecule is C=CC(=O)NCCCCCC(=O)NC(COC1OC(CO)[C@@H](O[C@@H]2OC(CO)[C@H](O)C(O)C2O)C(O)C1O)C(=O)NCCCCCCCC. The first-order chi connectivity index (χ1) is 23.5. The predicted molar refractivity (Wildman–Crippen MR) is 172 cm³/mol. The molecule has 0 aromatic rings. The summed E-state index contributed by atoms with van der Waals surface area (Å²) in [6.45, 7) is 4.36. The van der Waals surface area contributed by atoms with Crippen LogP contribution in [-0.2, 0) is 33.3 Å². The number of ether oxygens (including phenoxy) is 4. The lowest BCUT2D eigenvalue weighted by Crippen LogP contribution is -2.65. The molecule has 10 N–H and O–H groups in total. The predicted octanol–water partition coefficient (Wildman–Crippen LogP) is -2.55. The molecule has 2 aliphatic rings. The van der Waals surface area contributed by atoms with Crippen LogP contribution >= 0.6 is 0 Å². The molecule has 17 nitrogen and oxygen atoms in total. The highest BCUT2D eigenvalue weighted by atomic mass is 16.7. The second-order valence-corrected chi connectivity index (χ2v) is 12.3. The normalized spacial score (nSPS) is 30.7. The molecule has 0 bridgehead atoms. The highest BCUT2D eigenvalue weighted by Crippen LogP contribution is 2.29. The van der Waals surface area contributed by atoms with Crippen LogP contribution in [0.25, 0.3) is 0 Å². The number of nitrogens with one attached hydrogen (secondary N) is 3. The van der Waals surface area contributed by atoms with Crippen LogP contribution in [0.1, 0.15) is 71.1 Å². The Morgan fingerprint density at radius 2 is 1.35 bits per heavy atom. The van der Waals surface area contributed by atoms with Gasteiger partial charge in [-0.2, -0.15) is 0 Å². The van der Waals surface area contributed by atoms with Crippen LogP contribution in [0.5, 0.6) is 0 Å². The van der Waals surface area contributed by atoms with Gasteiger partial charge in [-0.1, -0.05) is 52.0 Å². The first-order valence-electron chi connectivity index (χ1n) is 17.2. The third-order valence-electron chi connectivity index (χ3n) is 8.43. The summed E-state index contributed by atoms with van der Waals surface area (Å²) in [4.78, 5) is 37.1. The molecule has 284 valence electrons. The van der Waals surface area contributed by atoms with E-state index in [-0.39, 0.29) is 12.3 Å². The van der Waals surface area contributed by atoms with Crippen molar-refractivity contribution in [2.24, 2.45) is 0 Å². The van der Waals surface area contributed by atoms with Gasteiger partial charge in [-0.15, -0.1) is 0 Å². The Labute approximate surface area is 286 Å². The molecule has 0 aromatic carbocycles. The number of amides is 3. The van der Waals surface area contributed by atoms with Gasteiger partial charge in [0.25, 0.3) is 0 Å². The van der Waals surface area contributed by atoms with Crippen molar-refractivity contribution in [3.8, 4) is 0 Å². The first-order valence-corrected chi connectivity index (χ1v) is 17.2. The van der Waals surface area contributed by atoms with Crippen LogP contribution in [0.4, 0.5) is 0 Å². The molecule has 0 radical (unpaired) electrons. The number of carbonyl (C=O) groups excluding carboxylic acids is 3. The molecule has 0 aliphatic carbocycles. The quantitative estimate of drug-likeness (QED) is 0.0387. The van der Waals surface area contributed by atoms with Crippen LogP contribution in [0.15, 0.2) is 12.7 Å². The maximum absolute atomic E-state index is 13.1. The van der Waals surface area contributed by atoms with Crippen molar-refractivity contribution < 1.29 is 69.1 Å². The molecule has 0 saturated carbocycles. The number of unbranched alkanes of at least 4 members (excludes halogenated alkanes) is 7. The topological polar surface area (TPSA) is 266 Å². The lowest BCUT2D eigenvalue weighted by Gasteiger charge is -2.46. The molecule has 0 spiro atoms. The fourth-order valence-electron chi connectivity index (χ4n) is 5.44. The van der Waals surface area contributed by atoms with Gasteiger partial charge >= 0.3 is 0 Å². The third kappa shape index (κ3) is 14.1. The van der Waals surface area contributed by atoms with Crippen LogP contribution in [-0.4, -0.2) is 154 Å². The van der Waals surface area contributed by atoms with E-state index in [1.165, 1.54) is 6.08 Å². The number of aliphatic hydroxyl groups is 7. The second kappa shape index (κ2) is 23.2. The molecule has 2 aliphatic heterocycles. The standard InChI is InChI=1S/C32H57N3O14/c1-3-5-6-7-8-11-15-34-30(45)19(35-23(39)13-10-9-12-14-33-22(38)4-2)18-46-31-28(44)26(42)29(21(17-37)48-31)49-32-27(43)25(41)24(40)20(16-36)47-32/h4,19-21,24-29,31-32,36-37,40-44H,2-3,5-18H2,1H3,(H,33,38)(H,34,45)(H,35,39)/t19?,20?,21?,24-,25?,26?,27?,28?,29+,31?,32-/m0/s1. The van der Waals surface area contributed by atoms with Gasteiger partial charge in [0, 0.05) is 19.5 Å². The van der Waals surface area contributed by atoms with Gasteiger partial charge in [0.1, 0.15) is 54.9 Å². The zero-order valence-corrected chi connectivity index (χ0v) is 28.2. The highest BCUT2D eigenvalue weighted by molar-refractivity contribution is 5.87. The third-order valence-corrected chi connectivity index (χ3v) is 8.43. The van der Waals surface area contributed by atoms with Gasteiger partial charge in [-0.25, -0.2) is 0 Å². The summed E-state index contributed by atoms with van der Waals surface area (Å²) in [5.41, 5.74) is 0. The Hall–Kier alpha value is -2.29. The number of rotatable bonds is 23. The molecular formula is C32H57N3O14. The first kappa shape index (κ1) is 42.9. The molecule has 8 unspecified atom stereocenters. The molecule has 49 heavy (non-hydrogen) atoms. The largest absolute Gasteiger partial charge is 0.394 e. The van der Waals surface area contributed by atoms with Crippen LogP contribution in [0.3, 0.4) is 0 Å². The number of hydrogen-bond acceptors (Lipinski definition) is 14. The Kier molecular flexibility index (Phi) is 20.3. The lowest BCUT2D eigenvalue weighted by atomic mass is 9.97. The van der Waals surface area contributed by atoms with Crippen molar-refractivity contribution >= 4 is 17.7 Å². The van der Waals surface area contributed by atoms with E-state index in [0.717, 1.165) is 38.5 Å². The monoisotopic (exact) mass is 707 g/mol. The molecular weight excluding hydrogens is 650 g/mol. The Morgan fingerprint density at radius 1 is 0.755 bits per heavy atom. The van der Waals surface area contributed by atoms with E-state index >= 15 is 0 Å². The van der Waals surface area contributed by atoms with Crippen LogP contribution in [0.2, 0.25) is 0 Å². The minimum atomic E-state index is -1.81. The fraction of sp³-hybridized carbons (Fsp3) is 0.844. The number of carbonyl (C=O) groups is 3. The molecule has 11 atom stereocenters. The number of aliphatic hydroxyl groups excluding tert-OH is 7. The van der Waals surface area contributed by atoms with E-state index in [4.69, 9.17) is 18.9 Å². The zero-order chi connectivity index (χ0) is 36.3. The maximum Gasteiger partial charge on any atom is 0.244 e. The summed E-state index contributed by atoms with van der Waals surface area (Å²) in [5.74, 6) is -1.23. The van der Waals surface area contributed by atoms with Gasteiger partial charge < -0.3 is 70.6 Å². The van der Waals surface area contributed by atoms with Crippen molar-refractivity contribution in [2.45, 2.75) is 139 Å². The molecule has 0 aromatic heterocycles. The summed E-state index contributed by atoms with van der Waals surface area (Å²) in [5, 5.41) is 79.6. The van der Waals surface area contributed by atoms with Gasteiger partial charge in [0.2, 0.25) is 17.7 Å². The maximum atomic E-state index is 13.1. The van der Waals surface area contributed by atoms with E-state index in [1.54, 1.807) is 0 Å². The smallest absolute Gasteiger partial charge is 0.244 e. The van der Waals surface area contributed by atoms with E-state index in [2.05, 4.69) is 29.5 Å². The van der Waals surface area contributed by atoms with Gasteiger partial charge in [-0.3, -0.25) is 14.4 Å². The van der Waals surface area contributed by atoms with E-state index in [1.807, 2.05) is 0 Å². The van der Waals surface area contributed by atoms with Crippen molar-refractivity contribution in [3.63, 3.8) is 0 Å². The second-order valence-electron chi connectivity index (χ2n) is 12.3. The molecule has 2 rings (SSSR count). The van der Waals surface area contributed by atoms with E-state index in [0.29, 0.717) is 32.4 Å². The Bertz CT molecular complexity index is 989. The Balaban J connectivity index is 1.99. The zero-order valence-electron chi connectivity index (χ0n) is 28.2. The summed E-state index contributed by atoms with van der Waals surface area (Å²) in [6, 6.07) is -1.19. The molecule has 2 heterocycles. The van der Waals surface area contributed by atoms with Crippen LogP contribution < -0.4 is 16.0 Å². The number of hydrogen-bond donors (Lipinski definition) is 10. The average Bonchev–Trinajstić information content (AvgIpc) is 3.09. The molecule has 2 fully saturated rings. The molecule has 2 saturated heterocycles. The Morgan fingerprint density at radius 3 is 2.00 bits per heavy atom. The highest BCUT2D eigenvalue weighted by Gasteiger charge is 2.50. The lowest BCUT2D eigenvalue weighted by molar-refractivity contribution is -0.359. The van der Waals surface area contributed by atoms with Crippen LogP contribution in [0, 0.1) is 0 Å². The summed E-state index contributed by atoms with van der Waals surface area (Å²) < 4.78 is 22.2. The average molecular weight is 708 g/mol. The summed E-state index contributed by atoms with van der Waals surface area (Å²) in [7, 11) is 0. The molecule has 17 heteroatoms. The van der Waals surface area contributed by atoms with Crippen molar-refractivity contribution in [3.05, 3.63) is 12.7 Å². The fourth-order valence-corrected chi connectivity index (χ4v) is 5.44. The molecule has 3 amide bonds. The van der Waals surface area contributed by atoms with Gasteiger partial charge in [0.05, 0.1) is 19.8 Å². The van der Waals surface area contributed by atoms with Gasteiger partial charge in [-0.05, 0) is 25.3 Å². The van der Waals surface area contributed by atoms with E-state index < -0.39 is 99.1 Å². The van der Waals surface area contributed by atoms with Crippen molar-refractivity contribution in [2.75, 3.05) is 32.9 Å². The van der Waals surface area contributed by atoms with Gasteiger partial charge in [0.15, 0.2) is 12.6 Å². The minimum Gasteiger partial charge on any atom is -0.394 e. The van der Waals surface area contributed by atoms with Crippen molar-refractivity contribution in [1.82, 2.24) is 16.0 Å². The van der Waals surface area contributed by atoms with Crippen molar-refractivity contribution in [1.29, 1.82) is 0 Å². The van der Waals surface area contributed by atoms with E-state index in [9.17, 15) is 50.1 Å². The summed E-state index contributed by atoms with van der Waals surface area (Å²) >= 11 is 0. The summed E-state index contributed by atoms with van der Waals surface area (Å²) in [6.07, 6.45) is -7.17. The minimum absolute atomic E-state index is 0.0986.